The fraction of sp³-hybridized carbons (Fsp3) is 0.727. The molecule has 0 spiro atoms. The van der Waals surface area contributed by atoms with E-state index >= 15 is 0 Å². The molecule has 0 saturated heterocycles. The van der Waals surface area contributed by atoms with E-state index in [-0.39, 0.29) is 6.04 Å². The van der Waals surface area contributed by atoms with E-state index in [0.717, 1.165) is 11.4 Å². The number of hydrogen-bond donors (Lipinski definition) is 3. The van der Waals surface area contributed by atoms with Crippen molar-refractivity contribution in [2.75, 3.05) is 34.9 Å². The van der Waals surface area contributed by atoms with Gasteiger partial charge in [0.05, 0.1) is 6.61 Å². The minimum absolute atomic E-state index is 0.206. The van der Waals surface area contributed by atoms with Crippen LogP contribution in [0.1, 0.15) is 13.8 Å². The number of methoxy groups -OCH3 is 1. The fourth-order valence-electron chi connectivity index (χ4n) is 1.36. The molecule has 0 aliphatic carbocycles. The smallest absolute Gasteiger partial charge is 0.126 e. The third-order valence-corrected chi connectivity index (χ3v) is 2.23. The number of likely N-dealkylation sites (N-methyl/N-ethyl adjacent to an activating group) is 1. The van der Waals surface area contributed by atoms with Crippen LogP contribution in [-0.4, -0.2) is 51.6 Å². The second-order valence-electron chi connectivity index (χ2n) is 3.99. The van der Waals surface area contributed by atoms with E-state index in [2.05, 4.69) is 10.6 Å². The highest BCUT2D eigenvalue weighted by atomic mass is 16.5. The van der Waals surface area contributed by atoms with Gasteiger partial charge in [-0.2, -0.15) is 0 Å². The molecule has 94 valence electrons. The maximum Gasteiger partial charge on any atom is 0.126 e. The first kappa shape index (κ1) is 14.8. The van der Waals surface area contributed by atoms with Crippen LogP contribution in [0.15, 0.2) is 11.4 Å². The van der Waals surface area contributed by atoms with Crippen molar-refractivity contribution >= 4 is 5.84 Å². The minimum Gasteiger partial charge on any atom is -0.383 e. The first-order valence-corrected chi connectivity index (χ1v) is 5.34. The highest BCUT2D eigenvalue weighted by Gasteiger charge is 2.10. The van der Waals surface area contributed by atoms with Gasteiger partial charge in [-0.3, -0.25) is 5.41 Å². The molecular formula is C11H24N4O. The van der Waals surface area contributed by atoms with Gasteiger partial charge in [-0.25, -0.2) is 0 Å². The van der Waals surface area contributed by atoms with Crippen molar-refractivity contribution in [3.8, 4) is 0 Å². The van der Waals surface area contributed by atoms with E-state index in [1.54, 1.807) is 12.0 Å². The number of rotatable bonds is 6. The molecule has 0 heterocycles. The van der Waals surface area contributed by atoms with Crippen LogP contribution in [0, 0.1) is 5.41 Å². The topological polar surface area (TPSA) is 60.4 Å². The third kappa shape index (κ3) is 4.53. The molecule has 0 fully saturated rings. The highest BCUT2D eigenvalue weighted by molar-refractivity contribution is 5.95. The van der Waals surface area contributed by atoms with Crippen molar-refractivity contribution in [2.45, 2.75) is 19.9 Å². The summed E-state index contributed by atoms with van der Waals surface area (Å²) < 4.78 is 5.06. The molecular weight excluding hydrogens is 204 g/mol. The number of amidine groups is 1. The Hall–Kier alpha value is -1.23. The summed E-state index contributed by atoms with van der Waals surface area (Å²) in [6, 6.07) is 0.206. The first-order valence-electron chi connectivity index (χ1n) is 5.34. The van der Waals surface area contributed by atoms with Crippen molar-refractivity contribution in [3.63, 3.8) is 0 Å². The Kier molecular flexibility index (Phi) is 6.56. The minimum atomic E-state index is 0.206. The molecule has 0 amide bonds. The van der Waals surface area contributed by atoms with Crippen LogP contribution in [0.3, 0.4) is 0 Å². The molecule has 3 N–H and O–H groups in total. The molecule has 5 nitrogen and oxygen atoms in total. The van der Waals surface area contributed by atoms with Gasteiger partial charge in [0, 0.05) is 39.9 Å². The summed E-state index contributed by atoms with van der Waals surface area (Å²) in [6.45, 7) is 4.59. The Morgan fingerprint density at radius 1 is 1.44 bits per heavy atom. The van der Waals surface area contributed by atoms with Crippen LogP contribution in [0.5, 0.6) is 0 Å². The van der Waals surface area contributed by atoms with E-state index in [1.165, 1.54) is 0 Å². The molecule has 0 aliphatic rings. The van der Waals surface area contributed by atoms with Gasteiger partial charge < -0.3 is 20.3 Å². The van der Waals surface area contributed by atoms with E-state index in [9.17, 15) is 0 Å². The van der Waals surface area contributed by atoms with Gasteiger partial charge in [-0.05, 0) is 13.8 Å². The molecule has 0 bridgehead atoms. The van der Waals surface area contributed by atoms with Crippen LogP contribution in [0.4, 0.5) is 0 Å². The number of ether oxygens (including phenoxy) is 1. The van der Waals surface area contributed by atoms with Crippen LogP contribution >= 0.6 is 0 Å². The van der Waals surface area contributed by atoms with E-state index in [1.807, 2.05) is 35.0 Å². The van der Waals surface area contributed by atoms with Crippen molar-refractivity contribution in [1.29, 1.82) is 5.41 Å². The zero-order valence-electron chi connectivity index (χ0n) is 11.1. The average molecular weight is 228 g/mol. The van der Waals surface area contributed by atoms with Gasteiger partial charge in [0.15, 0.2) is 0 Å². The van der Waals surface area contributed by atoms with E-state index in [0.29, 0.717) is 12.4 Å². The predicted octanol–water partition coefficient (Wildman–Crippen LogP) is 0.601. The van der Waals surface area contributed by atoms with Gasteiger partial charge >= 0.3 is 0 Å². The SMILES string of the molecule is CNC(NC(C)COC)=C(C)C(=N)N(C)C. The molecule has 0 aromatic heterocycles. The van der Waals surface area contributed by atoms with Crippen molar-refractivity contribution in [2.24, 2.45) is 0 Å². The summed E-state index contributed by atoms with van der Waals surface area (Å²) in [7, 11) is 7.24. The summed E-state index contributed by atoms with van der Waals surface area (Å²) in [5, 5.41) is 14.2. The summed E-state index contributed by atoms with van der Waals surface area (Å²) >= 11 is 0. The molecule has 1 unspecified atom stereocenters. The molecule has 5 heteroatoms. The van der Waals surface area contributed by atoms with Gasteiger partial charge in [-0.15, -0.1) is 0 Å². The maximum absolute atomic E-state index is 7.89. The normalized spacial score (nSPS) is 13.9. The summed E-state index contributed by atoms with van der Waals surface area (Å²) in [4.78, 5) is 1.77. The Labute approximate surface area is 98.4 Å². The standard InChI is InChI=1S/C11H24N4O/c1-8(7-16-6)14-11(13-3)9(2)10(12)15(4)5/h8,12-14H,7H2,1-6H3. The summed E-state index contributed by atoms with van der Waals surface area (Å²) in [6.07, 6.45) is 0. The van der Waals surface area contributed by atoms with Gasteiger partial charge in [0.25, 0.3) is 0 Å². The van der Waals surface area contributed by atoms with E-state index in [4.69, 9.17) is 10.1 Å². The number of nitrogens with zero attached hydrogens (tertiary/aromatic N) is 1. The lowest BCUT2D eigenvalue weighted by molar-refractivity contribution is 0.175. The lowest BCUT2D eigenvalue weighted by atomic mass is 10.2. The first-order chi connectivity index (χ1) is 7.43. The Morgan fingerprint density at radius 3 is 2.38 bits per heavy atom. The fourth-order valence-corrected chi connectivity index (χ4v) is 1.36. The largest absolute Gasteiger partial charge is 0.383 e. The molecule has 0 saturated carbocycles. The van der Waals surface area contributed by atoms with Crippen LogP contribution in [0.25, 0.3) is 0 Å². The van der Waals surface area contributed by atoms with Crippen molar-refractivity contribution in [1.82, 2.24) is 15.5 Å². The second kappa shape index (κ2) is 7.11. The van der Waals surface area contributed by atoms with E-state index < -0.39 is 0 Å². The lowest BCUT2D eigenvalue weighted by Crippen LogP contribution is -2.37. The zero-order chi connectivity index (χ0) is 12.7. The molecule has 0 aromatic carbocycles. The van der Waals surface area contributed by atoms with Crippen LogP contribution in [-0.2, 0) is 4.74 Å². The second-order valence-corrected chi connectivity index (χ2v) is 3.99. The Balaban J connectivity index is 4.68. The monoisotopic (exact) mass is 228 g/mol. The van der Waals surface area contributed by atoms with Gasteiger partial charge in [0.2, 0.25) is 0 Å². The third-order valence-electron chi connectivity index (χ3n) is 2.23. The quantitative estimate of drug-likeness (QED) is 0.460. The van der Waals surface area contributed by atoms with Crippen molar-refractivity contribution < 1.29 is 4.74 Å². The average Bonchev–Trinajstić information content (AvgIpc) is 2.24. The van der Waals surface area contributed by atoms with Crippen LogP contribution < -0.4 is 10.6 Å². The maximum atomic E-state index is 7.89. The zero-order valence-corrected chi connectivity index (χ0v) is 11.1. The molecule has 0 aliphatic heterocycles. The Morgan fingerprint density at radius 2 is 2.00 bits per heavy atom. The molecule has 0 radical (unpaired) electrons. The predicted molar refractivity (Wildman–Crippen MR) is 67.6 cm³/mol. The Bertz CT molecular complexity index is 261. The van der Waals surface area contributed by atoms with Crippen molar-refractivity contribution in [3.05, 3.63) is 11.4 Å². The van der Waals surface area contributed by atoms with Gasteiger partial charge in [0.1, 0.15) is 11.7 Å². The van der Waals surface area contributed by atoms with Gasteiger partial charge in [-0.1, -0.05) is 0 Å². The molecule has 16 heavy (non-hydrogen) atoms. The molecule has 0 aromatic rings. The summed E-state index contributed by atoms with van der Waals surface area (Å²) in [5.74, 6) is 1.35. The van der Waals surface area contributed by atoms with Crippen LogP contribution in [0.2, 0.25) is 0 Å². The summed E-state index contributed by atoms with van der Waals surface area (Å²) in [5.41, 5.74) is 0.885. The molecule has 1 atom stereocenters. The number of hydrogen-bond acceptors (Lipinski definition) is 4. The lowest BCUT2D eigenvalue weighted by Gasteiger charge is -2.22. The number of nitrogens with one attached hydrogen (secondary N) is 3. The highest BCUT2D eigenvalue weighted by Crippen LogP contribution is 2.02. The molecule has 0 rings (SSSR count).